The summed E-state index contributed by atoms with van der Waals surface area (Å²) in [5.41, 5.74) is 0.330. The molecule has 1 spiro atoms. The highest BCUT2D eigenvalue weighted by Crippen LogP contribution is 2.51. The monoisotopic (exact) mass is 541 g/mol. The van der Waals surface area contributed by atoms with Gasteiger partial charge in [-0.1, -0.05) is 6.07 Å². The molecular weight excluding hydrogens is 522 g/mol. The molecule has 2 N–H and O–H groups in total. The van der Waals surface area contributed by atoms with Crippen LogP contribution in [-0.4, -0.2) is 68.5 Å². The first-order chi connectivity index (χ1) is 17.0. The molecule has 2 unspecified atom stereocenters. The second-order valence-corrected chi connectivity index (χ2v) is 11.4. The maximum absolute atomic E-state index is 13.6. The van der Waals surface area contributed by atoms with E-state index >= 15 is 0 Å². The fourth-order valence-corrected chi connectivity index (χ4v) is 7.47. The Morgan fingerprint density at radius 3 is 2.64 bits per heavy atom. The molecule has 1 aromatic carbocycles. The fourth-order valence-electron chi connectivity index (χ4n) is 4.22. The second-order valence-electron chi connectivity index (χ2n) is 8.19. The Labute approximate surface area is 211 Å². The Morgan fingerprint density at radius 1 is 1.25 bits per heavy atom. The van der Waals surface area contributed by atoms with Crippen LogP contribution in [0.3, 0.4) is 0 Å². The highest BCUT2D eigenvalue weighted by molar-refractivity contribution is 8.21. The molecule has 1 aromatic heterocycles. The lowest BCUT2D eigenvalue weighted by Crippen LogP contribution is -2.50. The molecular formula is C22H19F4N5O3S2. The SMILES string of the molecule is N#CC(NC(=O)C1CC2(CN1C(=O)CNC(=O)C(F)(F)F)SCCS2)c1cncc2cc(F)ccc12. The molecule has 0 aliphatic carbocycles. The second kappa shape index (κ2) is 10.1. The van der Waals surface area contributed by atoms with Gasteiger partial charge in [0.25, 0.3) is 0 Å². The minimum Gasteiger partial charge on any atom is -0.339 e. The normalized spacial score (nSPS) is 19.8. The zero-order chi connectivity index (χ0) is 26.1. The quantitative estimate of drug-likeness (QED) is 0.559. The van der Waals surface area contributed by atoms with E-state index in [0.717, 1.165) is 16.4 Å². The number of aromatic nitrogens is 1. The molecule has 2 saturated heterocycles. The molecule has 0 saturated carbocycles. The lowest BCUT2D eigenvalue weighted by atomic mass is 10.0. The Morgan fingerprint density at radius 2 is 1.97 bits per heavy atom. The zero-order valence-electron chi connectivity index (χ0n) is 18.5. The van der Waals surface area contributed by atoms with Crippen LogP contribution in [-0.2, 0) is 14.4 Å². The standard InChI is InChI=1S/C22H19F4N5O3S2/c23-13-1-2-14-12(5-13)8-28-9-15(14)16(7-27)30-19(33)17-6-21(35-3-4-36-21)11-31(17)18(32)10-29-20(34)22(24,25)26/h1-2,5,8-9,16-17H,3-4,6,10-11H2,(H,29,34)(H,30,33). The highest BCUT2D eigenvalue weighted by atomic mass is 32.2. The third kappa shape index (κ3) is 5.36. The van der Waals surface area contributed by atoms with Gasteiger partial charge in [0.15, 0.2) is 0 Å². The van der Waals surface area contributed by atoms with Crippen molar-refractivity contribution in [2.45, 2.75) is 28.8 Å². The molecule has 0 bridgehead atoms. The number of nitrogens with one attached hydrogen (secondary N) is 2. The predicted molar refractivity (Wildman–Crippen MR) is 125 cm³/mol. The van der Waals surface area contributed by atoms with Crippen molar-refractivity contribution in [3.63, 3.8) is 0 Å². The topological polar surface area (TPSA) is 115 Å². The minimum atomic E-state index is -5.14. The lowest BCUT2D eigenvalue weighted by molar-refractivity contribution is -0.174. The number of benzene rings is 1. The summed E-state index contributed by atoms with van der Waals surface area (Å²) in [4.78, 5) is 42.4. The van der Waals surface area contributed by atoms with E-state index in [1.165, 1.54) is 30.6 Å². The van der Waals surface area contributed by atoms with Gasteiger partial charge >= 0.3 is 12.1 Å². The third-order valence-electron chi connectivity index (χ3n) is 5.86. The average molecular weight is 542 g/mol. The number of nitrogens with zero attached hydrogens (tertiary/aromatic N) is 3. The van der Waals surface area contributed by atoms with Gasteiger partial charge in [0.1, 0.15) is 17.9 Å². The smallest absolute Gasteiger partial charge is 0.339 e. The van der Waals surface area contributed by atoms with E-state index in [1.54, 1.807) is 28.8 Å². The van der Waals surface area contributed by atoms with E-state index in [2.05, 4.69) is 10.3 Å². The predicted octanol–water partition coefficient (Wildman–Crippen LogP) is 2.51. The number of hydrogen-bond acceptors (Lipinski definition) is 7. The number of thioether (sulfide) groups is 2. The summed E-state index contributed by atoms with van der Waals surface area (Å²) in [7, 11) is 0. The van der Waals surface area contributed by atoms with E-state index in [-0.39, 0.29) is 13.0 Å². The van der Waals surface area contributed by atoms with Gasteiger partial charge in [-0.15, -0.1) is 23.5 Å². The molecule has 14 heteroatoms. The lowest BCUT2D eigenvalue weighted by Gasteiger charge is -2.25. The Balaban J connectivity index is 1.55. The van der Waals surface area contributed by atoms with Crippen molar-refractivity contribution in [1.29, 1.82) is 5.26 Å². The van der Waals surface area contributed by atoms with Crippen LogP contribution in [0.15, 0.2) is 30.6 Å². The van der Waals surface area contributed by atoms with Crippen LogP contribution in [0.1, 0.15) is 18.0 Å². The molecule has 2 aromatic rings. The molecule has 2 aliphatic heterocycles. The molecule has 0 radical (unpaired) electrons. The molecule has 4 rings (SSSR count). The Kier molecular flexibility index (Phi) is 7.33. The third-order valence-corrected chi connectivity index (χ3v) is 9.29. The molecule has 36 heavy (non-hydrogen) atoms. The summed E-state index contributed by atoms with van der Waals surface area (Å²) in [6.07, 6.45) is -2.12. The van der Waals surface area contributed by atoms with Crippen molar-refractivity contribution >= 4 is 52.0 Å². The van der Waals surface area contributed by atoms with Crippen molar-refractivity contribution in [2.24, 2.45) is 0 Å². The van der Waals surface area contributed by atoms with Gasteiger partial charge in [-0.3, -0.25) is 19.4 Å². The van der Waals surface area contributed by atoms with Crippen LogP contribution in [0.2, 0.25) is 0 Å². The largest absolute Gasteiger partial charge is 0.471 e. The van der Waals surface area contributed by atoms with Crippen molar-refractivity contribution in [3.8, 4) is 6.07 Å². The van der Waals surface area contributed by atoms with Gasteiger partial charge in [-0.2, -0.15) is 18.4 Å². The molecule has 8 nitrogen and oxygen atoms in total. The summed E-state index contributed by atoms with van der Waals surface area (Å²) < 4.78 is 50.7. The van der Waals surface area contributed by atoms with Gasteiger partial charge in [0.2, 0.25) is 11.8 Å². The van der Waals surface area contributed by atoms with Gasteiger partial charge in [0, 0.05) is 47.8 Å². The zero-order valence-corrected chi connectivity index (χ0v) is 20.1. The minimum absolute atomic E-state index is 0.105. The van der Waals surface area contributed by atoms with Crippen molar-refractivity contribution < 1.29 is 31.9 Å². The summed E-state index contributed by atoms with van der Waals surface area (Å²) in [5, 5.41) is 14.9. The van der Waals surface area contributed by atoms with E-state index < -0.39 is 52.4 Å². The first-order valence-corrected chi connectivity index (χ1v) is 12.7. The first-order valence-electron chi connectivity index (χ1n) is 10.7. The molecule has 2 fully saturated rings. The number of carbonyl (C=O) groups excluding carboxylic acids is 3. The number of carbonyl (C=O) groups is 3. The summed E-state index contributed by atoms with van der Waals surface area (Å²) in [5.74, 6) is -2.68. The van der Waals surface area contributed by atoms with Crippen LogP contribution in [0.5, 0.6) is 0 Å². The van der Waals surface area contributed by atoms with E-state index in [0.29, 0.717) is 16.3 Å². The van der Waals surface area contributed by atoms with Crippen LogP contribution >= 0.6 is 23.5 Å². The summed E-state index contributed by atoms with van der Waals surface area (Å²) >= 11 is 3.12. The van der Waals surface area contributed by atoms with Crippen LogP contribution in [0.4, 0.5) is 17.6 Å². The number of hydrogen-bond donors (Lipinski definition) is 2. The first kappa shape index (κ1) is 26.0. The Bertz CT molecular complexity index is 1250. The highest BCUT2D eigenvalue weighted by Gasteiger charge is 2.51. The number of halogens is 4. The van der Waals surface area contributed by atoms with Gasteiger partial charge in [-0.25, -0.2) is 4.39 Å². The van der Waals surface area contributed by atoms with Crippen molar-refractivity contribution in [1.82, 2.24) is 20.5 Å². The average Bonchev–Trinajstić information content (AvgIpc) is 3.46. The molecule has 3 heterocycles. The number of alkyl halides is 3. The van der Waals surface area contributed by atoms with Crippen LogP contribution in [0, 0.1) is 17.1 Å². The van der Waals surface area contributed by atoms with Crippen LogP contribution < -0.4 is 10.6 Å². The molecule has 2 aliphatic rings. The van der Waals surface area contributed by atoms with E-state index in [1.807, 2.05) is 6.07 Å². The maximum atomic E-state index is 13.6. The molecule has 3 amide bonds. The summed E-state index contributed by atoms with van der Waals surface area (Å²) in [6.45, 7) is -0.818. The van der Waals surface area contributed by atoms with Gasteiger partial charge in [-0.05, 0) is 17.5 Å². The maximum Gasteiger partial charge on any atom is 0.471 e. The fraction of sp³-hybridized carbons (Fsp3) is 0.409. The number of amides is 3. The van der Waals surface area contributed by atoms with Gasteiger partial charge in [0.05, 0.1) is 16.7 Å². The molecule has 2 atom stereocenters. The van der Waals surface area contributed by atoms with Crippen molar-refractivity contribution in [3.05, 3.63) is 42.0 Å². The van der Waals surface area contributed by atoms with E-state index in [9.17, 15) is 37.2 Å². The van der Waals surface area contributed by atoms with Crippen LogP contribution in [0.25, 0.3) is 10.8 Å². The summed E-state index contributed by atoms with van der Waals surface area (Å²) in [6, 6.07) is 3.66. The number of nitriles is 1. The number of likely N-dealkylation sites (tertiary alicyclic amines) is 1. The Hall–Kier alpha value is -3.05. The number of fused-ring (bicyclic) bond motifs is 1. The van der Waals surface area contributed by atoms with Gasteiger partial charge < -0.3 is 15.5 Å². The molecule has 190 valence electrons. The number of rotatable bonds is 5. The number of pyridine rings is 1. The van der Waals surface area contributed by atoms with Crippen molar-refractivity contribution in [2.75, 3.05) is 24.6 Å². The van der Waals surface area contributed by atoms with E-state index in [4.69, 9.17) is 0 Å².